The van der Waals surface area contributed by atoms with Crippen molar-refractivity contribution in [3.8, 4) is 0 Å². The molecule has 1 aliphatic rings. The average molecular weight is 268 g/mol. The van der Waals surface area contributed by atoms with Crippen LogP contribution in [-0.2, 0) is 16.1 Å². The molecule has 0 saturated carbocycles. The molecule has 0 bridgehead atoms. The van der Waals surface area contributed by atoms with E-state index in [1.165, 1.54) is 6.39 Å². The number of aromatic nitrogens is 1. The van der Waals surface area contributed by atoms with Gasteiger partial charge in [-0.2, -0.15) is 0 Å². The van der Waals surface area contributed by atoms with Crippen LogP contribution in [0, 0.1) is 12.8 Å². The lowest BCUT2D eigenvalue weighted by Gasteiger charge is -2.29. The third-order valence-electron chi connectivity index (χ3n) is 3.54. The summed E-state index contributed by atoms with van der Waals surface area (Å²) in [5, 5.41) is 9.24. The van der Waals surface area contributed by atoms with E-state index in [9.17, 15) is 9.90 Å². The second-order valence-corrected chi connectivity index (χ2v) is 4.88. The van der Waals surface area contributed by atoms with Crippen molar-refractivity contribution in [3.05, 3.63) is 17.8 Å². The molecule has 6 heteroatoms. The number of oxazole rings is 1. The van der Waals surface area contributed by atoms with E-state index in [1.54, 1.807) is 0 Å². The number of carboxylic acids is 1. The summed E-state index contributed by atoms with van der Waals surface area (Å²) in [7, 11) is 0. The predicted molar refractivity (Wildman–Crippen MR) is 67.7 cm³/mol. The summed E-state index contributed by atoms with van der Waals surface area (Å²) in [6, 6.07) is -0.0893. The van der Waals surface area contributed by atoms with Crippen LogP contribution in [0.4, 0.5) is 0 Å². The minimum absolute atomic E-state index is 0.0893. The number of hydrogen-bond donors (Lipinski definition) is 1. The van der Waals surface area contributed by atoms with Gasteiger partial charge in [0, 0.05) is 12.6 Å². The lowest BCUT2D eigenvalue weighted by Crippen LogP contribution is -2.43. The Morgan fingerprint density at radius 1 is 1.58 bits per heavy atom. The topological polar surface area (TPSA) is 75.8 Å². The largest absolute Gasteiger partial charge is 0.481 e. The Morgan fingerprint density at radius 2 is 2.37 bits per heavy atom. The minimum atomic E-state index is -0.791. The van der Waals surface area contributed by atoms with Crippen LogP contribution in [0.15, 0.2) is 10.8 Å². The first-order valence-electron chi connectivity index (χ1n) is 6.57. The van der Waals surface area contributed by atoms with Crippen molar-refractivity contribution in [2.24, 2.45) is 5.92 Å². The first kappa shape index (κ1) is 14.0. The highest BCUT2D eigenvalue weighted by Gasteiger charge is 2.38. The van der Waals surface area contributed by atoms with Crippen LogP contribution in [0.25, 0.3) is 0 Å². The summed E-state index contributed by atoms with van der Waals surface area (Å²) in [4.78, 5) is 17.6. The van der Waals surface area contributed by atoms with Crippen LogP contribution >= 0.6 is 0 Å². The molecule has 0 amide bonds. The molecule has 2 rings (SSSR count). The van der Waals surface area contributed by atoms with Gasteiger partial charge in [-0.25, -0.2) is 4.98 Å². The van der Waals surface area contributed by atoms with Crippen molar-refractivity contribution in [3.63, 3.8) is 0 Å². The first-order valence-corrected chi connectivity index (χ1v) is 6.57. The minimum Gasteiger partial charge on any atom is -0.481 e. The van der Waals surface area contributed by atoms with Crippen molar-refractivity contribution < 1.29 is 19.1 Å². The zero-order valence-corrected chi connectivity index (χ0v) is 11.3. The molecule has 19 heavy (non-hydrogen) atoms. The molecule has 2 heterocycles. The number of nitrogens with zero attached hydrogens (tertiary/aromatic N) is 2. The third kappa shape index (κ3) is 3.13. The fourth-order valence-electron chi connectivity index (χ4n) is 2.46. The van der Waals surface area contributed by atoms with Gasteiger partial charge in [-0.1, -0.05) is 6.92 Å². The van der Waals surface area contributed by atoms with E-state index in [1.807, 2.05) is 6.92 Å². The van der Waals surface area contributed by atoms with E-state index in [2.05, 4.69) is 16.8 Å². The SMILES string of the molecule is CCCN(Cc1ncoc1C)C1COCC1C(=O)O. The fourth-order valence-corrected chi connectivity index (χ4v) is 2.46. The highest BCUT2D eigenvalue weighted by atomic mass is 16.5. The van der Waals surface area contributed by atoms with Gasteiger partial charge in [0.25, 0.3) is 0 Å². The normalized spacial score (nSPS) is 23.1. The van der Waals surface area contributed by atoms with E-state index in [0.29, 0.717) is 13.2 Å². The van der Waals surface area contributed by atoms with E-state index in [-0.39, 0.29) is 12.6 Å². The first-order chi connectivity index (χ1) is 9.13. The number of rotatable bonds is 6. The molecule has 1 aromatic heterocycles. The van der Waals surface area contributed by atoms with Crippen LogP contribution in [0.3, 0.4) is 0 Å². The maximum atomic E-state index is 11.2. The Hall–Kier alpha value is -1.40. The molecule has 1 aromatic rings. The Morgan fingerprint density at radius 3 is 2.95 bits per heavy atom. The van der Waals surface area contributed by atoms with Gasteiger partial charge in [0.15, 0.2) is 6.39 Å². The number of aryl methyl sites for hydroxylation is 1. The van der Waals surface area contributed by atoms with Gasteiger partial charge >= 0.3 is 5.97 Å². The molecule has 106 valence electrons. The predicted octanol–water partition coefficient (Wildman–Crippen LogP) is 1.29. The average Bonchev–Trinajstić information content (AvgIpc) is 2.98. The second kappa shape index (κ2) is 6.16. The van der Waals surface area contributed by atoms with E-state index in [0.717, 1.165) is 24.4 Å². The van der Waals surface area contributed by atoms with Gasteiger partial charge in [-0.15, -0.1) is 0 Å². The van der Waals surface area contributed by atoms with Gasteiger partial charge in [0.2, 0.25) is 0 Å². The third-order valence-corrected chi connectivity index (χ3v) is 3.54. The molecule has 1 saturated heterocycles. The van der Waals surface area contributed by atoms with Crippen LogP contribution in [0.1, 0.15) is 24.8 Å². The quantitative estimate of drug-likeness (QED) is 0.838. The summed E-state index contributed by atoms with van der Waals surface area (Å²) in [6.07, 6.45) is 2.38. The maximum Gasteiger partial charge on any atom is 0.310 e. The Bertz CT molecular complexity index is 432. The Balaban J connectivity index is 2.11. The molecule has 1 N–H and O–H groups in total. The lowest BCUT2D eigenvalue weighted by atomic mass is 10.0. The van der Waals surface area contributed by atoms with Gasteiger partial charge in [-0.3, -0.25) is 9.69 Å². The van der Waals surface area contributed by atoms with E-state index < -0.39 is 11.9 Å². The number of carboxylic acid groups (broad SMARTS) is 1. The zero-order valence-electron chi connectivity index (χ0n) is 11.3. The molecule has 6 nitrogen and oxygen atoms in total. The standard InChI is InChI=1S/C13H20N2O4/c1-3-4-15(5-11-9(2)19-8-14-11)12-7-18-6-10(12)13(16)17/h8,10,12H,3-7H2,1-2H3,(H,16,17). The molecule has 1 aliphatic heterocycles. The fraction of sp³-hybridized carbons (Fsp3) is 0.692. The van der Waals surface area contributed by atoms with Crippen molar-refractivity contribution in [1.82, 2.24) is 9.88 Å². The summed E-state index contributed by atoms with van der Waals surface area (Å²) in [5.74, 6) is -0.467. The van der Waals surface area contributed by atoms with Gasteiger partial charge < -0.3 is 14.3 Å². The van der Waals surface area contributed by atoms with Crippen LogP contribution in [0.5, 0.6) is 0 Å². The molecule has 1 fully saturated rings. The highest BCUT2D eigenvalue weighted by Crippen LogP contribution is 2.22. The number of aliphatic carboxylic acids is 1. The van der Waals surface area contributed by atoms with Gasteiger partial charge in [-0.05, 0) is 19.9 Å². The summed E-state index contributed by atoms with van der Waals surface area (Å²) < 4.78 is 10.5. The van der Waals surface area contributed by atoms with Gasteiger partial charge in [0.1, 0.15) is 5.76 Å². The second-order valence-electron chi connectivity index (χ2n) is 4.88. The molecule has 0 spiro atoms. The molecule has 2 unspecified atom stereocenters. The summed E-state index contributed by atoms with van der Waals surface area (Å²) >= 11 is 0. The highest BCUT2D eigenvalue weighted by molar-refractivity contribution is 5.71. The number of ether oxygens (including phenoxy) is 1. The molecular formula is C13H20N2O4. The summed E-state index contributed by atoms with van der Waals surface area (Å²) in [5.41, 5.74) is 0.865. The smallest absolute Gasteiger partial charge is 0.310 e. The summed E-state index contributed by atoms with van der Waals surface area (Å²) in [6.45, 7) is 6.13. The van der Waals surface area contributed by atoms with Crippen LogP contribution in [0.2, 0.25) is 0 Å². The Kier molecular flexibility index (Phi) is 4.55. The van der Waals surface area contributed by atoms with Crippen LogP contribution in [-0.4, -0.2) is 46.8 Å². The van der Waals surface area contributed by atoms with Crippen molar-refractivity contribution in [2.45, 2.75) is 32.9 Å². The van der Waals surface area contributed by atoms with Crippen molar-refractivity contribution in [2.75, 3.05) is 19.8 Å². The Labute approximate surface area is 112 Å². The van der Waals surface area contributed by atoms with Crippen molar-refractivity contribution >= 4 is 5.97 Å². The molecule has 0 radical (unpaired) electrons. The number of carbonyl (C=O) groups is 1. The van der Waals surface area contributed by atoms with E-state index in [4.69, 9.17) is 9.15 Å². The molecule has 0 aliphatic carbocycles. The maximum absolute atomic E-state index is 11.2. The van der Waals surface area contributed by atoms with E-state index >= 15 is 0 Å². The molecular weight excluding hydrogens is 248 g/mol. The zero-order chi connectivity index (χ0) is 13.8. The number of hydrogen-bond acceptors (Lipinski definition) is 5. The van der Waals surface area contributed by atoms with Crippen molar-refractivity contribution in [1.29, 1.82) is 0 Å². The lowest BCUT2D eigenvalue weighted by molar-refractivity contribution is -0.143. The monoisotopic (exact) mass is 268 g/mol. The van der Waals surface area contributed by atoms with Crippen LogP contribution < -0.4 is 0 Å². The molecule has 0 aromatic carbocycles. The molecule has 2 atom stereocenters. The van der Waals surface area contributed by atoms with Gasteiger partial charge in [0.05, 0.1) is 24.8 Å².